The highest BCUT2D eigenvalue weighted by Gasteiger charge is 2.32. The first-order valence-corrected chi connectivity index (χ1v) is 5.15. The quantitative estimate of drug-likeness (QED) is 0.676. The van der Waals surface area contributed by atoms with Gasteiger partial charge in [0.05, 0.1) is 17.8 Å². The molecule has 1 amide bonds. The van der Waals surface area contributed by atoms with Gasteiger partial charge in [0, 0.05) is 25.5 Å². The van der Waals surface area contributed by atoms with Crippen molar-refractivity contribution < 1.29 is 15.0 Å². The van der Waals surface area contributed by atoms with E-state index in [0.717, 1.165) is 5.56 Å². The fourth-order valence-electron chi connectivity index (χ4n) is 1.79. The first kappa shape index (κ1) is 11.0. The smallest absolute Gasteiger partial charge is 0.255 e. The number of aryl methyl sites for hydroxylation is 1. The lowest BCUT2D eigenvalue weighted by Gasteiger charge is -2.15. The molecule has 0 spiro atoms. The van der Waals surface area contributed by atoms with Gasteiger partial charge in [0.1, 0.15) is 0 Å². The second-order valence-corrected chi connectivity index (χ2v) is 4.10. The fourth-order valence-corrected chi connectivity index (χ4v) is 1.79. The van der Waals surface area contributed by atoms with Crippen LogP contribution >= 0.6 is 0 Å². The van der Waals surface area contributed by atoms with E-state index < -0.39 is 12.2 Å². The van der Waals surface area contributed by atoms with Crippen LogP contribution < -0.4 is 0 Å². The van der Waals surface area contributed by atoms with Crippen molar-refractivity contribution in [3.8, 4) is 0 Å². The molecule has 5 nitrogen and oxygen atoms in total. The van der Waals surface area contributed by atoms with Crippen molar-refractivity contribution in [2.45, 2.75) is 19.1 Å². The number of nitrogens with zero attached hydrogens (tertiary/aromatic N) is 2. The van der Waals surface area contributed by atoms with Crippen molar-refractivity contribution >= 4 is 5.91 Å². The van der Waals surface area contributed by atoms with Gasteiger partial charge in [-0.1, -0.05) is 0 Å². The van der Waals surface area contributed by atoms with Gasteiger partial charge in [-0.2, -0.15) is 0 Å². The molecule has 0 bridgehead atoms. The van der Waals surface area contributed by atoms with Gasteiger partial charge in [-0.15, -0.1) is 0 Å². The van der Waals surface area contributed by atoms with Crippen molar-refractivity contribution in [2.24, 2.45) is 0 Å². The molecule has 1 aliphatic heterocycles. The highest BCUT2D eigenvalue weighted by Crippen LogP contribution is 2.14. The largest absolute Gasteiger partial charge is 0.388 e. The van der Waals surface area contributed by atoms with Crippen molar-refractivity contribution in [3.63, 3.8) is 0 Å². The summed E-state index contributed by atoms with van der Waals surface area (Å²) in [4.78, 5) is 17.3. The van der Waals surface area contributed by atoms with Gasteiger partial charge in [0.2, 0.25) is 0 Å². The maximum absolute atomic E-state index is 12.0. The van der Waals surface area contributed by atoms with E-state index in [2.05, 4.69) is 4.98 Å². The van der Waals surface area contributed by atoms with Crippen LogP contribution in [0.2, 0.25) is 0 Å². The van der Waals surface area contributed by atoms with E-state index in [-0.39, 0.29) is 19.0 Å². The Labute approximate surface area is 93.3 Å². The number of aliphatic hydroxyl groups excluding tert-OH is 2. The maximum atomic E-state index is 12.0. The summed E-state index contributed by atoms with van der Waals surface area (Å²) in [7, 11) is 0. The molecule has 0 aromatic carbocycles. The molecule has 1 aromatic heterocycles. The Kier molecular flexibility index (Phi) is 2.89. The molecule has 2 heterocycles. The third kappa shape index (κ3) is 2.05. The third-order valence-corrected chi connectivity index (χ3v) is 2.67. The van der Waals surface area contributed by atoms with Crippen molar-refractivity contribution in [1.82, 2.24) is 9.88 Å². The van der Waals surface area contributed by atoms with Crippen LogP contribution in [-0.4, -0.2) is 51.3 Å². The molecular formula is C11H14N2O3. The predicted molar refractivity (Wildman–Crippen MR) is 56.9 cm³/mol. The van der Waals surface area contributed by atoms with E-state index in [0.29, 0.717) is 5.56 Å². The lowest BCUT2D eigenvalue weighted by Crippen LogP contribution is -2.29. The summed E-state index contributed by atoms with van der Waals surface area (Å²) >= 11 is 0. The zero-order chi connectivity index (χ0) is 11.7. The zero-order valence-corrected chi connectivity index (χ0v) is 9.00. The normalized spacial score (nSPS) is 24.8. The molecule has 0 radical (unpaired) electrons. The first-order chi connectivity index (χ1) is 7.58. The number of aromatic nitrogens is 1. The number of β-amino-alcohol motifs (C(OH)–C–C–N with tert-alkyl or cyclic N) is 2. The summed E-state index contributed by atoms with van der Waals surface area (Å²) in [6, 6.07) is 1.74. The number of hydrogen-bond acceptors (Lipinski definition) is 4. The molecule has 86 valence electrons. The Hall–Kier alpha value is -1.46. The number of aliphatic hydroxyl groups is 2. The van der Waals surface area contributed by atoms with Crippen LogP contribution in [0.1, 0.15) is 15.9 Å². The predicted octanol–water partition coefficient (Wildman–Crippen LogP) is -0.432. The second kappa shape index (κ2) is 4.19. The SMILES string of the molecule is Cc1cncc(C(=O)N2CC(O)C(O)C2)c1. The summed E-state index contributed by atoms with van der Waals surface area (Å²) < 4.78 is 0. The lowest BCUT2D eigenvalue weighted by atomic mass is 10.2. The van der Waals surface area contributed by atoms with Gasteiger partial charge < -0.3 is 15.1 Å². The topological polar surface area (TPSA) is 73.7 Å². The Balaban J connectivity index is 2.14. The van der Waals surface area contributed by atoms with E-state index >= 15 is 0 Å². The molecule has 16 heavy (non-hydrogen) atoms. The average Bonchev–Trinajstić information content (AvgIpc) is 2.58. The summed E-state index contributed by atoms with van der Waals surface area (Å²) in [6.07, 6.45) is 1.47. The molecule has 1 saturated heterocycles. The molecule has 2 unspecified atom stereocenters. The third-order valence-electron chi connectivity index (χ3n) is 2.67. The van der Waals surface area contributed by atoms with Gasteiger partial charge >= 0.3 is 0 Å². The fraction of sp³-hybridized carbons (Fsp3) is 0.455. The molecule has 2 rings (SSSR count). The van der Waals surface area contributed by atoms with E-state index in [1.54, 1.807) is 12.3 Å². The zero-order valence-electron chi connectivity index (χ0n) is 9.00. The lowest BCUT2D eigenvalue weighted by molar-refractivity contribution is 0.0572. The highest BCUT2D eigenvalue weighted by atomic mass is 16.3. The Morgan fingerprint density at radius 2 is 2.00 bits per heavy atom. The van der Waals surface area contributed by atoms with Gasteiger partial charge in [-0.05, 0) is 18.6 Å². The average molecular weight is 222 g/mol. The van der Waals surface area contributed by atoms with E-state index in [1.165, 1.54) is 11.1 Å². The molecule has 5 heteroatoms. The maximum Gasteiger partial charge on any atom is 0.255 e. The highest BCUT2D eigenvalue weighted by molar-refractivity contribution is 5.94. The van der Waals surface area contributed by atoms with Crippen LogP contribution in [0.3, 0.4) is 0 Å². The van der Waals surface area contributed by atoms with Crippen molar-refractivity contribution in [2.75, 3.05) is 13.1 Å². The summed E-state index contributed by atoms with van der Waals surface area (Å²) in [5.74, 6) is -0.202. The van der Waals surface area contributed by atoms with Crippen molar-refractivity contribution in [3.05, 3.63) is 29.6 Å². The molecule has 1 aromatic rings. The number of likely N-dealkylation sites (tertiary alicyclic amines) is 1. The molecule has 1 aliphatic rings. The van der Waals surface area contributed by atoms with Crippen LogP contribution in [0.4, 0.5) is 0 Å². The first-order valence-electron chi connectivity index (χ1n) is 5.15. The number of carbonyl (C=O) groups is 1. The molecule has 0 aliphatic carbocycles. The Morgan fingerprint density at radius 3 is 2.56 bits per heavy atom. The summed E-state index contributed by atoms with van der Waals surface area (Å²) in [6.45, 7) is 2.21. The second-order valence-electron chi connectivity index (χ2n) is 4.10. The van der Waals surface area contributed by atoms with Gasteiger partial charge in [0.25, 0.3) is 5.91 Å². The molecule has 2 N–H and O–H groups in total. The van der Waals surface area contributed by atoms with Crippen LogP contribution in [0.15, 0.2) is 18.5 Å². The minimum absolute atomic E-state index is 0.175. The van der Waals surface area contributed by atoms with Gasteiger partial charge in [-0.3, -0.25) is 9.78 Å². The number of pyridine rings is 1. The molecule has 0 saturated carbocycles. The Bertz CT molecular complexity index is 398. The minimum Gasteiger partial charge on any atom is -0.388 e. The molecular weight excluding hydrogens is 208 g/mol. The van der Waals surface area contributed by atoms with Crippen LogP contribution in [0.5, 0.6) is 0 Å². The molecule has 2 atom stereocenters. The van der Waals surface area contributed by atoms with Crippen LogP contribution in [0, 0.1) is 6.92 Å². The van der Waals surface area contributed by atoms with E-state index in [1.807, 2.05) is 6.92 Å². The minimum atomic E-state index is -0.846. The van der Waals surface area contributed by atoms with Crippen LogP contribution in [0.25, 0.3) is 0 Å². The van der Waals surface area contributed by atoms with Gasteiger partial charge in [-0.25, -0.2) is 0 Å². The van der Waals surface area contributed by atoms with Crippen LogP contribution in [-0.2, 0) is 0 Å². The number of rotatable bonds is 1. The van der Waals surface area contributed by atoms with E-state index in [9.17, 15) is 15.0 Å². The van der Waals surface area contributed by atoms with E-state index in [4.69, 9.17) is 0 Å². The van der Waals surface area contributed by atoms with Gasteiger partial charge in [0.15, 0.2) is 0 Å². The summed E-state index contributed by atoms with van der Waals surface area (Å²) in [5.41, 5.74) is 1.40. The summed E-state index contributed by atoms with van der Waals surface area (Å²) in [5, 5.41) is 18.7. The molecule has 1 fully saturated rings. The van der Waals surface area contributed by atoms with Crippen molar-refractivity contribution in [1.29, 1.82) is 0 Å². The number of hydrogen-bond donors (Lipinski definition) is 2. The monoisotopic (exact) mass is 222 g/mol. The number of carbonyl (C=O) groups excluding carboxylic acids is 1. The number of amides is 1. The Morgan fingerprint density at radius 1 is 1.38 bits per heavy atom. The standard InChI is InChI=1S/C11H14N2O3/c1-7-2-8(4-12-3-7)11(16)13-5-9(14)10(15)6-13/h2-4,9-10,14-15H,5-6H2,1H3.